The van der Waals surface area contributed by atoms with Crippen LogP contribution in [-0.4, -0.2) is 44.3 Å². The van der Waals surface area contributed by atoms with Crippen molar-refractivity contribution in [1.29, 1.82) is 0 Å². The molecule has 2 amide bonds. The van der Waals surface area contributed by atoms with Crippen LogP contribution < -0.4 is 9.62 Å². The molecule has 1 aliphatic rings. The molecular weight excluding hydrogens is 545 g/mol. The van der Waals surface area contributed by atoms with E-state index >= 15 is 0 Å². The summed E-state index contributed by atoms with van der Waals surface area (Å²) in [6.45, 7) is 6.32. The van der Waals surface area contributed by atoms with Crippen LogP contribution in [-0.2, 0) is 26.2 Å². The average molecular weight is 577 g/mol. The van der Waals surface area contributed by atoms with Crippen molar-refractivity contribution in [1.82, 2.24) is 10.2 Å². The Balaban J connectivity index is 1.52. The molecule has 1 N–H and O–H groups in total. The number of rotatable bonds is 10. The molecular formula is C28H31Cl2N3O4S. The van der Waals surface area contributed by atoms with E-state index in [1.807, 2.05) is 32.0 Å². The highest BCUT2D eigenvalue weighted by atomic mass is 35.5. The zero-order valence-corrected chi connectivity index (χ0v) is 23.9. The third kappa shape index (κ3) is 5.63. The van der Waals surface area contributed by atoms with Crippen molar-refractivity contribution in [2.75, 3.05) is 17.4 Å². The highest BCUT2D eigenvalue weighted by Gasteiger charge is 2.35. The molecule has 1 atom stereocenters. The largest absolute Gasteiger partial charge is 0.354 e. The van der Waals surface area contributed by atoms with Gasteiger partial charge in [0, 0.05) is 47.1 Å². The first-order valence-corrected chi connectivity index (χ1v) is 14.8. The van der Waals surface area contributed by atoms with E-state index < -0.39 is 16.1 Å². The number of nitrogens with zero attached hydrogens (tertiary/aromatic N) is 2. The summed E-state index contributed by atoms with van der Waals surface area (Å²) < 4.78 is 27.9. The molecule has 0 radical (unpaired) electrons. The normalized spacial score (nSPS) is 14.6. The third-order valence-electron chi connectivity index (χ3n) is 6.68. The van der Waals surface area contributed by atoms with Gasteiger partial charge in [-0.1, -0.05) is 67.4 Å². The molecule has 4 rings (SSSR count). The molecule has 0 aliphatic carbocycles. The van der Waals surface area contributed by atoms with Crippen LogP contribution in [0.5, 0.6) is 0 Å². The van der Waals surface area contributed by atoms with Gasteiger partial charge >= 0.3 is 0 Å². The summed E-state index contributed by atoms with van der Waals surface area (Å²) >= 11 is 12.7. The Morgan fingerprint density at radius 1 is 0.974 bits per heavy atom. The number of sulfonamides is 1. The second kappa shape index (κ2) is 11.5. The van der Waals surface area contributed by atoms with Gasteiger partial charge in [0.2, 0.25) is 11.8 Å². The van der Waals surface area contributed by atoms with E-state index in [1.165, 1.54) is 9.21 Å². The maximum absolute atomic E-state index is 13.5. The minimum absolute atomic E-state index is 0.0439. The first-order chi connectivity index (χ1) is 18.0. The van der Waals surface area contributed by atoms with Gasteiger partial charge in [0.15, 0.2) is 0 Å². The molecule has 3 aromatic carbocycles. The maximum Gasteiger partial charge on any atom is 0.265 e. The molecule has 1 aliphatic heterocycles. The maximum atomic E-state index is 13.5. The highest BCUT2D eigenvalue weighted by Crippen LogP contribution is 2.42. The summed E-state index contributed by atoms with van der Waals surface area (Å²) in [6, 6.07) is 15.0. The second-order valence-electron chi connectivity index (χ2n) is 9.85. The first-order valence-electron chi connectivity index (χ1n) is 12.6. The van der Waals surface area contributed by atoms with E-state index in [9.17, 15) is 18.0 Å². The quantitative estimate of drug-likeness (QED) is 0.339. The Morgan fingerprint density at radius 2 is 1.61 bits per heavy atom. The van der Waals surface area contributed by atoms with Crippen molar-refractivity contribution in [3.8, 4) is 0 Å². The first kappa shape index (κ1) is 28.2. The zero-order valence-electron chi connectivity index (χ0n) is 21.6. The molecule has 0 spiro atoms. The van der Waals surface area contributed by atoms with Crippen LogP contribution in [0.3, 0.4) is 0 Å². The summed E-state index contributed by atoms with van der Waals surface area (Å²) in [5, 5.41) is 5.24. The van der Waals surface area contributed by atoms with Crippen molar-refractivity contribution in [2.45, 2.75) is 51.1 Å². The van der Waals surface area contributed by atoms with Gasteiger partial charge in [-0.2, -0.15) is 0 Å². The summed E-state index contributed by atoms with van der Waals surface area (Å²) in [5.74, 6) is -0.315. The Hall–Kier alpha value is -2.81. The molecule has 7 nitrogen and oxygen atoms in total. The number of carbonyl (C=O) groups excluding carboxylic acids is 2. The van der Waals surface area contributed by atoms with Gasteiger partial charge in [0.25, 0.3) is 10.0 Å². The van der Waals surface area contributed by atoms with Crippen molar-refractivity contribution < 1.29 is 18.0 Å². The molecule has 0 saturated carbocycles. The predicted octanol–water partition coefficient (Wildman–Crippen LogP) is 5.63. The molecule has 0 fully saturated rings. The van der Waals surface area contributed by atoms with E-state index in [1.54, 1.807) is 43.3 Å². The summed E-state index contributed by atoms with van der Waals surface area (Å²) in [5.41, 5.74) is 1.17. The standard InChI is InChI=1S/C28H31Cl2N3O4S/c1-18(2)16-31-28(35)19(3)32(17-21-22(29)10-6-11-23(21)30)26(34)14-7-15-33-24-12-4-8-20-9-5-13-25(27(20)24)38(33,36)37/h4-6,8-13,18-19H,7,14-17H2,1-3H3,(H,31,35). The Bertz CT molecular complexity index is 1450. The number of nitrogens with one attached hydrogen (secondary N) is 1. The van der Waals surface area contributed by atoms with Crippen molar-refractivity contribution in [3.63, 3.8) is 0 Å². The molecule has 3 aromatic rings. The molecule has 1 heterocycles. The lowest BCUT2D eigenvalue weighted by atomic mass is 10.1. The smallest absolute Gasteiger partial charge is 0.265 e. The molecule has 0 saturated heterocycles. The topological polar surface area (TPSA) is 86.8 Å². The molecule has 0 aromatic heterocycles. The van der Waals surface area contributed by atoms with Crippen LogP contribution >= 0.6 is 23.2 Å². The highest BCUT2D eigenvalue weighted by molar-refractivity contribution is 7.93. The van der Waals surface area contributed by atoms with E-state index in [0.29, 0.717) is 33.2 Å². The fourth-order valence-electron chi connectivity index (χ4n) is 4.61. The molecule has 38 heavy (non-hydrogen) atoms. The Kier molecular flexibility index (Phi) is 8.55. The van der Waals surface area contributed by atoms with Crippen LogP contribution in [0.15, 0.2) is 59.5 Å². The lowest BCUT2D eigenvalue weighted by Crippen LogP contribution is -2.48. The summed E-state index contributed by atoms with van der Waals surface area (Å²) in [6.07, 6.45) is 0.317. The van der Waals surface area contributed by atoms with Gasteiger partial charge in [-0.25, -0.2) is 8.42 Å². The van der Waals surface area contributed by atoms with Gasteiger partial charge in [-0.3, -0.25) is 13.9 Å². The number of halogens is 2. The average Bonchev–Trinajstić information content (AvgIpc) is 3.09. The van der Waals surface area contributed by atoms with Crippen LogP contribution in [0.4, 0.5) is 5.69 Å². The molecule has 10 heteroatoms. The van der Waals surface area contributed by atoms with E-state index in [-0.39, 0.29) is 48.6 Å². The van der Waals surface area contributed by atoms with Crippen LogP contribution in [0.1, 0.15) is 39.2 Å². The van der Waals surface area contributed by atoms with Gasteiger partial charge in [-0.05, 0) is 48.9 Å². The summed E-state index contributed by atoms with van der Waals surface area (Å²) in [4.78, 5) is 28.1. The van der Waals surface area contributed by atoms with Crippen LogP contribution in [0.25, 0.3) is 10.8 Å². The number of benzene rings is 3. The number of hydrogen-bond donors (Lipinski definition) is 1. The summed E-state index contributed by atoms with van der Waals surface area (Å²) in [7, 11) is -3.71. The van der Waals surface area contributed by atoms with Gasteiger partial charge in [-0.15, -0.1) is 0 Å². The van der Waals surface area contributed by atoms with Crippen molar-refractivity contribution in [2.24, 2.45) is 5.92 Å². The molecule has 1 unspecified atom stereocenters. The second-order valence-corrected chi connectivity index (χ2v) is 12.5. The van der Waals surface area contributed by atoms with Crippen LogP contribution in [0.2, 0.25) is 10.0 Å². The monoisotopic (exact) mass is 575 g/mol. The number of carbonyl (C=O) groups is 2. The number of amides is 2. The Labute approximate surface area is 233 Å². The fourth-order valence-corrected chi connectivity index (χ4v) is 6.87. The lowest BCUT2D eigenvalue weighted by molar-refractivity contribution is -0.140. The third-order valence-corrected chi connectivity index (χ3v) is 9.24. The Morgan fingerprint density at radius 3 is 2.26 bits per heavy atom. The van der Waals surface area contributed by atoms with E-state index in [2.05, 4.69) is 5.32 Å². The van der Waals surface area contributed by atoms with E-state index in [4.69, 9.17) is 23.2 Å². The SMILES string of the molecule is CC(C)CNC(=O)C(C)N(Cc1c(Cl)cccc1Cl)C(=O)CCCN1c2cccc3cccc(c23)S1(=O)=O. The fraction of sp³-hybridized carbons (Fsp3) is 0.357. The van der Waals surface area contributed by atoms with Gasteiger partial charge in [0.05, 0.1) is 10.6 Å². The van der Waals surface area contributed by atoms with Crippen molar-refractivity contribution >= 4 is 61.5 Å². The van der Waals surface area contributed by atoms with Gasteiger partial charge < -0.3 is 10.2 Å². The number of hydrogen-bond acceptors (Lipinski definition) is 4. The number of anilines is 1. The van der Waals surface area contributed by atoms with Gasteiger partial charge in [0.1, 0.15) is 6.04 Å². The predicted molar refractivity (Wildman–Crippen MR) is 152 cm³/mol. The van der Waals surface area contributed by atoms with Crippen molar-refractivity contribution in [3.05, 3.63) is 70.2 Å². The molecule has 202 valence electrons. The minimum Gasteiger partial charge on any atom is -0.354 e. The molecule has 0 bridgehead atoms. The van der Waals surface area contributed by atoms with E-state index in [0.717, 1.165) is 5.39 Å². The lowest BCUT2D eigenvalue weighted by Gasteiger charge is -2.30. The minimum atomic E-state index is -3.71. The zero-order chi connectivity index (χ0) is 27.6. The van der Waals surface area contributed by atoms with Crippen LogP contribution in [0, 0.1) is 5.92 Å².